The molecule has 0 amide bonds. The maximum atomic E-state index is 9.98. The van der Waals surface area contributed by atoms with E-state index in [-0.39, 0.29) is 17.0 Å². The Kier molecular flexibility index (Phi) is 15.1. The number of methoxy groups -OCH3 is 1. The lowest BCUT2D eigenvalue weighted by Gasteiger charge is -1.95. The third kappa shape index (κ3) is 16.5. The van der Waals surface area contributed by atoms with E-state index in [0.717, 1.165) is 19.1 Å². The monoisotopic (exact) mass is 288 g/mol. The van der Waals surface area contributed by atoms with Crippen molar-refractivity contribution >= 4 is 23.7 Å². The fraction of sp³-hybridized carbons (Fsp3) is 0.500. The highest BCUT2D eigenvalue weighted by Gasteiger charge is 1.94. The summed E-state index contributed by atoms with van der Waals surface area (Å²) in [5.74, 6) is 0.484. The quantitative estimate of drug-likeness (QED) is 0.674. The van der Waals surface area contributed by atoms with Crippen molar-refractivity contribution in [3.63, 3.8) is 0 Å². The lowest BCUT2D eigenvalue weighted by molar-refractivity contribution is -0.110. The number of anilines is 1. The first-order valence-corrected chi connectivity index (χ1v) is 5.96. The molecule has 108 valence electrons. The Morgan fingerprint density at radius 2 is 2.16 bits per heavy atom. The molecule has 0 aliphatic rings. The first-order chi connectivity index (χ1) is 9.01. The van der Waals surface area contributed by atoms with Crippen molar-refractivity contribution in [2.75, 3.05) is 20.0 Å². The molecule has 7 heteroatoms. The van der Waals surface area contributed by atoms with Crippen molar-refractivity contribution in [3.8, 4) is 0 Å². The minimum absolute atomic E-state index is 0.0741. The summed E-state index contributed by atoms with van der Waals surface area (Å²) in [6.07, 6.45) is 6.02. The Labute approximate surface area is 119 Å². The summed E-state index contributed by atoms with van der Waals surface area (Å²) in [5, 5.41) is 6.85. The second-order valence-electron chi connectivity index (χ2n) is 3.54. The van der Waals surface area contributed by atoms with Crippen LogP contribution in [0.3, 0.4) is 0 Å². The van der Waals surface area contributed by atoms with Gasteiger partial charge in [-0.1, -0.05) is 13.0 Å². The van der Waals surface area contributed by atoms with Gasteiger partial charge in [0, 0.05) is 20.1 Å². The van der Waals surface area contributed by atoms with Crippen LogP contribution in [-0.4, -0.2) is 35.7 Å². The summed E-state index contributed by atoms with van der Waals surface area (Å²) < 4.78 is 4.25. The van der Waals surface area contributed by atoms with E-state index in [0.29, 0.717) is 0 Å². The smallest absolute Gasteiger partial charge is 0.244 e. The molecule has 0 aliphatic carbocycles. The zero-order chi connectivity index (χ0) is 15.1. The second-order valence-corrected chi connectivity index (χ2v) is 3.88. The molecule has 1 unspecified atom stereocenters. The van der Waals surface area contributed by atoms with E-state index >= 15 is 0 Å². The molecule has 1 atom stereocenters. The van der Waals surface area contributed by atoms with Crippen LogP contribution >= 0.6 is 11.6 Å². The molecule has 0 aromatic carbocycles. The Hall–Kier alpha value is -1.53. The molecular formula is C12H21ClN4O2. The van der Waals surface area contributed by atoms with Crippen molar-refractivity contribution in [2.45, 2.75) is 19.8 Å². The Morgan fingerprint density at radius 1 is 1.58 bits per heavy atom. The van der Waals surface area contributed by atoms with E-state index < -0.39 is 0 Å². The van der Waals surface area contributed by atoms with Crippen molar-refractivity contribution in [1.82, 2.24) is 15.2 Å². The number of hydrogen-bond donors (Lipinski definition) is 1. The van der Waals surface area contributed by atoms with Crippen molar-refractivity contribution in [1.29, 1.82) is 0 Å². The van der Waals surface area contributed by atoms with Crippen LogP contribution in [0.4, 0.5) is 5.82 Å². The van der Waals surface area contributed by atoms with Crippen LogP contribution in [0.5, 0.6) is 0 Å². The lowest BCUT2D eigenvalue weighted by atomic mass is 10.1. The Balaban J connectivity index is 0. The largest absolute Gasteiger partial charge is 0.388 e. The number of rotatable bonds is 4. The van der Waals surface area contributed by atoms with Gasteiger partial charge in [0.15, 0.2) is 0 Å². The first-order valence-electron chi connectivity index (χ1n) is 5.58. The van der Waals surface area contributed by atoms with Crippen molar-refractivity contribution < 1.29 is 9.53 Å². The number of carbonyl (C=O) groups excluding carboxylic acids is 1. The molecule has 0 spiro atoms. The Bertz CT molecular complexity index is 333. The van der Waals surface area contributed by atoms with Crippen LogP contribution in [0.2, 0.25) is 5.28 Å². The average molecular weight is 289 g/mol. The molecule has 0 bridgehead atoms. The predicted octanol–water partition coefficient (Wildman–Crippen LogP) is 2.16. The van der Waals surface area contributed by atoms with Crippen LogP contribution < -0.4 is 5.73 Å². The topological polar surface area (TPSA) is 91.0 Å². The van der Waals surface area contributed by atoms with Crippen molar-refractivity contribution in [3.05, 3.63) is 24.1 Å². The summed E-state index contributed by atoms with van der Waals surface area (Å²) >= 11 is 5.28. The standard InChI is InChI=1S/C7H12O.C3H3ClN4.C2H6O/c1-3-4-5-7(2)6-8;4-3-7-2(5)1-6-8-3;1-3-2/h3,6-7H,1,4-5H2,2H3;1H,(H2,5,7,8);1-2H3. The van der Waals surface area contributed by atoms with E-state index in [1.54, 1.807) is 14.2 Å². The van der Waals surface area contributed by atoms with Gasteiger partial charge in [0.05, 0.1) is 6.20 Å². The zero-order valence-corrected chi connectivity index (χ0v) is 12.3. The highest BCUT2D eigenvalue weighted by atomic mass is 35.5. The predicted molar refractivity (Wildman–Crippen MR) is 76.8 cm³/mol. The van der Waals surface area contributed by atoms with Crippen LogP contribution in [0.15, 0.2) is 18.9 Å². The van der Waals surface area contributed by atoms with E-state index in [9.17, 15) is 4.79 Å². The van der Waals surface area contributed by atoms with Gasteiger partial charge in [-0.3, -0.25) is 0 Å². The summed E-state index contributed by atoms with van der Waals surface area (Å²) in [4.78, 5) is 13.5. The van der Waals surface area contributed by atoms with E-state index in [4.69, 9.17) is 17.3 Å². The summed E-state index contributed by atoms with van der Waals surface area (Å²) in [6.45, 7) is 5.46. The molecular weight excluding hydrogens is 268 g/mol. The summed E-state index contributed by atoms with van der Waals surface area (Å²) in [6, 6.07) is 0. The highest BCUT2D eigenvalue weighted by Crippen LogP contribution is 2.00. The Morgan fingerprint density at radius 3 is 2.47 bits per heavy atom. The molecule has 1 heterocycles. The van der Waals surface area contributed by atoms with E-state index in [2.05, 4.69) is 26.5 Å². The van der Waals surface area contributed by atoms with Gasteiger partial charge < -0.3 is 15.3 Å². The fourth-order valence-electron chi connectivity index (χ4n) is 0.742. The van der Waals surface area contributed by atoms with Gasteiger partial charge >= 0.3 is 0 Å². The maximum Gasteiger partial charge on any atom is 0.244 e. The van der Waals surface area contributed by atoms with Crippen LogP contribution in [0.1, 0.15) is 19.8 Å². The SMILES string of the molecule is C=CCCC(C)C=O.COC.Nc1cnnc(Cl)n1. The molecule has 6 nitrogen and oxygen atoms in total. The minimum atomic E-state index is 0.0741. The second kappa shape index (κ2) is 14.5. The molecule has 2 N–H and O–H groups in total. The minimum Gasteiger partial charge on any atom is -0.388 e. The number of ether oxygens (including phenoxy) is 1. The molecule has 19 heavy (non-hydrogen) atoms. The lowest BCUT2D eigenvalue weighted by Crippen LogP contribution is -1.93. The fourth-order valence-corrected chi connectivity index (χ4v) is 0.883. The molecule has 0 aliphatic heterocycles. The first kappa shape index (κ1) is 19.8. The highest BCUT2D eigenvalue weighted by molar-refractivity contribution is 6.28. The average Bonchev–Trinajstić information content (AvgIpc) is 2.37. The number of hydrogen-bond acceptors (Lipinski definition) is 6. The third-order valence-electron chi connectivity index (χ3n) is 1.61. The number of aromatic nitrogens is 3. The van der Waals surface area contributed by atoms with Gasteiger partial charge in [-0.2, -0.15) is 10.1 Å². The van der Waals surface area contributed by atoms with Crippen molar-refractivity contribution in [2.24, 2.45) is 5.92 Å². The molecule has 1 aromatic rings. The number of nitrogens with zero attached hydrogens (tertiary/aromatic N) is 3. The number of aldehydes is 1. The van der Waals surface area contributed by atoms with Gasteiger partial charge in [0.2, 0.25) is 5.28 Å². The van der Waals surface area contributed by atoms with Gasteiger partial charge in [-0.15, -0.1) is 11.7 Å². The number of nitrogen functional groups attached to an aromatic ring is 1. The van der Waals surface area contributed by atoms with Crippen LogP contribution in [-0.2, 0) is 9.53 Å². The third-order valence-corrected chi connectivity index (χ3v) is 1.77. The molecule has 0 fully saturated rings. The van der Waals surface area contributed by atoms with Gasteiger partial charge in [0.1, 0.15) is 12.1 Å². The zero-order valence-electron chi connectivity index (χ0n) is 11.5. The normalized spacial score (nSPS) is 10.1. The van der Waals surface area contributed by atoms with Gasteiger partial charge in [0.25, 0.3) is 0 Å². The molecule has 1 rings (SSSR count). The van der Waals surface area contributed by atoms with Gasteiger partial charge in [-0.05, 0) is 24.4 Å². The number of allylic oxidation sites excluding steroid dienone is 1. The van der Waals surface area contributed by atoms with Crippen LogP contribution in [0.25, 0.3) is 0 Å². The maximum absolute atomic E-state index is 9.98. The number of nitrogens with two attached hydrogens (primary N) is 1. The van der Waals surface area contributed by atoms with E-state index in [1.807, 2.05) is 13.0 Å². The number of carbonyl (C=O) groups is 1. The van der Waals surface area contributed by atoms with Crippen LogP contribution in [0, 0.1) is 5.92 Å². The summed E-state index contributed by atoms with van der Waals surface area (Å²) in [5.41, 5.74) is 5.16. The summed E-state index contributed by atoms with van der Waals surface area (Å²) in [7, 11) is 3.25. The molecule has 1 aromatic heterocycles. The van der Waals surface area contributed by atoms with E-state index in [1.165, 1.54) is 6.20 Å². The molecule has 0 saturated carbocycles. The molecule has 0 radical (unpaired) electrons. The number of halogens is 1. The van der Waals surface area contributed by atoms with Gasteiger partial charge in [-0.25, -0.2) is 0 Å². The molecule has 0 saturated heterocycles.